The van der Waals surface area contributed by atoms with Crippen molar-refractivity contribution in [2.45, 2.75) is 18.9 Å². The monoisotopic (exact) mass is 298 g/mol. The number of benzene rings is 1. The molecule has 5 nitrogen and oxygen atoms in total. The van der Waals surface area contributed by atoms with Crippen LogP contribution in [0.15, 0.2) is 18.2 Å². The summed E-state index contributed by atoms with van der Waals surface area (Å²) in [5.41, 5.74) is 0.0475. The van der Waals surface area contributed by atoms with Gasteiger partial charge in [0.25, 0.3) is 0 Å². The summed E-state index contributed by atoms with van der Waals surface area (Å²) < 4.78 is 30.8. The number of hydrogen-bond acceptors (Lipinski definition) is 4. The van der Waals surface area contributed by atoms with Crippen LogP contribution in [0.2, 0.25) is 0 Å². The zero-order chi connectivity index (χ0) is 15.4. The van der Waals surface area contributed by atoms with Crippen molar-refractivity contribution >= 4 is 17.6 Å². The van der Waals surface area contributed by atoms with Crippen molar-refractivity contribution in [3.63, 3.8) is 0 Å². The van der Waals surface area contributed by atoms with Crippen molar-refractivity contribution in [3.8, 4) is 0 Å². The number of methoxy groups -OCH3 is 1. The standard InChI is InChI=1S/C14H16F2N2O3/c1-21-14(20)12-3-2-4-18(12)8-13(19)17-11-6-9(15)5-10(16)7-11/h5-7,12H,2-4,8H2,1H3,(H,17,19). The van der Waals surface area contributed by atoms with Gasteiger partial charge in [-0.1, -0.05) is 0 Å². The highest BCUT2D eigenvalue weighted by molar-refractivity contribution is 5.92. The van der Waals surface area contributed by atoms with Gasteiger partial charge in [0.15, 0.2) is 0 Å². The number of amides is 1. The molecule has 21 heavy (non-hydrogen) atoms. The first-order valence-electron chi connectivity index (χ1n) is 6.57. The van der Waals surface area contributed by atoms with E-state index >= 15 is 0 Å². The molecule has 1 aromatic carbocycles. The first kappa shape index (κ1) is 15.4. The Morgan fingerprint density at radius 3 is 2.62 bits per heavy atom. The molecule has 0 radical (unpaired) electrons. The summed E-state index contributed by atoms with van der Waals surface area (Å²) in [6.45, 7) is 0.572. The van der Waals surface area contributed by atoms with E-state index in [9.17, 15) is 18.4 Å². The third-order valence-electron chi connectivity index (χ3n) is 3.33. The van der Waals surface area contributed by atoms with E-state index in [1.165, 1.54) is 7.11 Å². The quantitative estimate of drug-likeness (QED) is 0.857. The molecule has 1 atom stereocenters. The fraction of sp³-hybridized carbons (Fsp3) is 0.429. The molecular weight excluding hydrogens is 282 g/mol. The summed E-state index contributed by atoms with van der Waals surface area (Å²) in [6.07, 6.45) is 1.43. The van der Waals surface area contributed by atoms with Gasteiger partial charge in [-0.05, 0) is 31.5 Å². The van der Waals surface area contributed by atoms with E-state index in [0.717, 1.165) is 24.6 Å². The van der Waals surface area contributed by atoms with Crippen LogP contribution in [0.1, 0.15) is 12.8 Å². The van der Waals surface area contributed by atoms with E-state index < -0.39 is 23.6 Å². The maximum Gasteiger partial charge on any atom is 0.323 e. The van der Waals surface area contributed by atoms with E-state index in [2.05, 4.69) is 10.1 Å². The third-order valence-corrected chi connectivity index (χ3v) is 3.33. The Bertz CT molecular complexity index is 531. The molecule has 0 aromatic heterocycles. The van der Waals surface area contributed by atoms with Gasteiger partial charge in [0.2, 0.25) is 5.91 Å². The molecule has 1 amide bonds. The van der Waals surface area contributed by atoms with Gasteiger partial charge in [-0.15, -0.1) is 0 Å². The third kappa shape index (κ3) is 3.98. The molecule has 1 aliphatic heterocycles. The predicted molar refractivity (Wildman–Crippen MR) is 71.6 cm³/mol. The molecular formula is C14H16F2N2O3. The molecule has 2 rings (SSSR count). The number of nitrogens with zero attached hydrogens (tertiary/aromatic N) is 1. The lowest BCUT2D eigenvalue weighted by molar-refractivity contribution is -0.146. The van der Waals surface area contributed by atoms with Gasteiger partial charge in [-0.2, -0.15) is 0 Å². The van der Waals surface area contributed by atoms with Crippen LogP contribution in [0.25, 0.3) is 0 Å². The van der Waals surface area contributed by atoms with Crippen molar-refractivity contribution in [2.24, 2.45) is 0 Å². The number of halogens is 2. The molecule has 1 heterocycles. The van der Waals surface area contributed by atoms with Gasteiger partial charge < -0.3 is 10.1 Å². The van der Waals surface area contributed by atoms with Gasteiger partial charge in [0.1, 0.15) is 17.7 Å². The molecule has 1 saturated heterocycles. The van der Waals surface area contributed by atoms with Crippen molar-refractivity contribution in [1.29, 1.82) is 0 Å². The zero-order valence-corrected chi connectivity index (χ0v) is 11.6. The maximum absolute atomic E-state index is 13.0. The highest BCUT2D eigenvalue weighted by Crippen LogP contribution is 2.18. The van der Waals surface area contributed by atoms with E-state index in [1.807, 2.05) is 0 Å². The number of hydrogen-bond donors (Lipinski definition) is 1. The van der Waals surface area contributed by atoms with Crippen molar-refractivity contribution in [2.75, 3.05) is 25.5 Å². The predicted octanol–water partition coefficient (Wildman–Crippen LogP) is 1.54. The van der Waals surface area contributed by atoms with E-state index in [1.54, 1.807) is 4.90 Å². The van der Waals surface area contributed by atoms with E-state index in [4.69, 9.17) is 0 Å². The molecule has 1 fully saturated rings. The fourth-order valence-corrected chi connectivity index (χ4v) is 2.43. The molecule has 114 valence electrons. The minimum absolute atomic E-state index is 0.0299. The minimum atomic E-state index is -0.765. The average Bonchev–Trinajstić information content (AvgIpc) is 2.84. The lowest BCUT2D eigenvalue weighted by Crippen LogP contribution is -2.41. The average molecular weight is 298 g/mol. The van der Waals surface area contributed by atoms with Crippen LogP contribution < -0.4 is 5.32 Å². The minimum Gasteiger partial charge on any atom is -0.468 e. The summed E-state index contributed by atoms with van der Waals surface area (Å²) >= 11 is 0. The molecule has 0 spiro atoms. The Morgan fingerprint density at radius 1 is 1.33 bits per heavy atom. The van der Waals surface area contributed by atoms with Gasteiger partial charge >= 0.3 is 5.97 Å². The zero-order valence-electron chi connectivity index (χ0n) is 11.6. The summed E-state index contributed by atoms with van der Waals surface area (Å²) in [4.78, 5) is 25.1. The second kappa shape index (κ2) is 6.62. The molecule has 7 heteroatoms. The first-order valence-corrected chi connectivity index (χ1v) is 6.57. The van der Waals surface area contributed by atoms with Gasteiger partial charge in [-0.25, -0.2) is 8.78 Å². The maximum atomic E-state index is 13.0. The molecule has 0 bridgehead atoms. The molecule has 0 saturated carbocycles. The Kier molecular flexibility index (Phi) is 4.85. The number of ether oxygens (including phenoxy) is 1. The summed E-state index contributed by atoms with van der Waals surface area (Å²) in [6, 6.07) is 2.35. The number of rotatable bonds is 4. The number of likely N-dealkylation sites (tertiary alicyclic amines) is 1. The van der Waals surface area contributed by atoms with Crippen molar-refractivity contribution < 1.29 is 23.1 Å². The Morgan fingerprint density at radius 2 is 2.00 bits per heavy atom. The lowest BCUT2D eigenvalue weighted by atomic mass is 10.2. The lowest BCUT2D eigenvalue weighted by Gasteiger charge is -2.21. The first-order chi connectivity index (χ1) is 9.99. The van der Waals surface area contributed by atoms with Crippen LogP contribution in [0.4, 0.5) is 14.5 Å². The Balaban J connectivity index is 1.96. The Hall–Kier alpha value is -2.02. The largest absolute Gasteiger partial charge is 0.468 e. The molecule has 1 unspecified atom stereocenters. The summed E-state index contributed by atoms with van der Waals surface area (Å²) in [7, 11) is 1.30. The van der Waals surface area contributed by atoms with Gasteiger partial charge in [0, 0.05) is 11.8 Å². The van der Waals surface area contributed by atoms with Crippen LogP contribution in [-0.4, -0.2) is 43.0 Å². The number of nitrogens with one attached hydrogen (secondary N) is 1. The van der Waals surface area contributed by atoms with Crippen molar-refractivity contribution in [3.05, 3.63) is 29.8 Å². The van der Waals surface area contributed by atoms with Crippen LogP contribution in [0, 0.1) is 11.6 Å². The second-order valence-electron chi connectivity index (χ2n) is 4.86. The SMILES string of the molecule is COC(=O)C1CCCN1CC(=O)Nc1cc(F)cc(F)c1. The molecule has 1 aliphatic rings. The topological polar surface area (TPSA) is 58.6 Å². The molecule has 0 aliphatic carbocycles. The van der Waals surface area contributed by atoms with Crippen LogP contribution >= 0.6 is 0 Å². The van der Waals surface area contributed by atoms with Crippen molar-refractivity contribution in [1.82, 2.24) is 4.90 Å². The molecule has 1 aromatic rings. The number of esters is 1. The van der Waals surface area contributed by atoms with Crippen LogP contribution in [0.3, 0.4) is 0 Å². The fourth-order valence-electron chi connectivity index (χ4n) is 2.43. The number of carbonyl (C=O) groups excluding carboxylic acids is 2. The number of anilines is 1. The second-order valence-corrected chi connectivity index (χ2v) is 4.86. The van der Waals surface area contributed by atoms with E-state index in [0.29, 0.717) is 13.0 Å². The Labute approximate surface area is 120 Å². The smallest absolute Gasteiger partial charge is 0.323 e. The van der Waals surface area contributed by atoms with Gasteiger partial charge in [0.05, 0.1) is 13.7 Å². The van der Waals surface area contributed by atoms with Crippen LogP contribution in [0.5, 0.6) is 0 Å². The van der Waals surface area contributed by atoms with Crippen LogP contribution in [-0.2, 0) is 14.3 Å². The highest BCUT2D eigenvalue weighted by atomic mass is 19.1. The summed E-state index contributed by atoms with van der Waals surface area (Å²) in [5.74, 6) is -2.34. The summed E-state index contributed by atoms with van der Waals surface area (Å²) in [5, 5.41) is 2.42. The van der Waals surface area contributed by atoms with Gasteiger partial charge in [-0.3, -0.25) is 14.5 Å². The normalized spacial score (nSPS) is 18.5. The van der Waals surface area contributed by atoms with E-state index in [-0.39, 0.29) is 18.2 Å². The number of carbonyl (C=O) groups is 2. The molecule has 1 N–H and O–H groups in total. The highest BCUT2D eigenvalue weighted by Gasteiger charge is 2.32.